The molecular formula is C19H28N4O2. The smallest absolute Gasteiger partial charge is 0.303 e. The first kappa shape index (κ1) is 19.1. The first-order valence-electron chi connectivity index (χ1n) is 8.69. The van der Waals surface area contributed by atoms with Crippen LogP contribution in [0.5, 0.6) is 0 Å². The maximum Gasteiger partial charge on any atom is 0.303 e. The van der Waals surface area contributed by atoms with Crippen molar-refractivity contribution in [3.63, 3.8) is 0 Å². The summed E-state index contributed by atoms with van der Waals surface area (Å²) in [4.78, 5) is 14.9. The molecular weight excluding hydrogens is 316 g/mol. The van der Waals surface area contributed by atoms with Gasteiger partial charge in [0.25, 0.3) is 0 Å². The van der Waals surface area contributed by atoms with Crippen molar-refractivity contribution < 1.29 is 9.90 Å². The Hall–Kier alpha value is -2.24. The van der Waals surface area contributed by atoms with Gasteiger partial charge in [0, 0.05) is 30.9 Å². The molecule has 0 aliphatic carbocycles. The van der Waals surface area contributed by atoms with Gasteiger partial charge in [0.1, 0.15) is 5.69 Å². The zero-order valence-corrected chi connectivity index (χ0v) is 15.6. The van der Waals surface area contributed by atoms with Gasteiger partial charge in [-0.15, -0.1) is 5.10 Å². The Morgan fingerprint density at radius 3 is 2.56 bits per heavy atom. The Labute approximate surface area is 149 Å². The topological polar surface area (TPSA) is 80.9 Å². The summed E-state index contributed by atoms with van der Waals surface area (Å²) in [6.07, 6.45) is 8.31. The van der Waals surface area contributed by atoms with Gasteiger partial charge in [-0.25, -0.2) is 0 Å². The van der Waals surface area contributed by atoms with Gasteiger partial charge in [0.05, 0.1) is 6.20 Å². The van der Waals surface area contributed by atoms with E-state index in [1.54, 1.807) is 12.4 Å². The summed E-state index contributed by atoms with van der Waals surface area (Å²) in [6.45, 7) is 9.54. The highest BCUT2D eigenvalue weighted by atomic mass is 16.4. The number of carboxylic acids is 1. The fourth-order valence-electron chi connectivity index (χ4n) is 3.39. The molecule has 0 saturated heterocycles. The lowest BCUT2D eigenvalue weighted by atomic mass is 9.71. The Morgan fingerprint density at radius 2 is 1.92 bits per heavy atom. The van der Waals surface area contributed by atoms with Crippen molar-refractivity contribution in [1.29, 1.82) is 0 Å². The van der Waals surface area contributed by atoms with E-state index in [0.29, 0.717) is 6.42 Å². The molecule has 0 bridgehead atoms. The second-order valence-electron chi connectivity index (χ2n) is 8.26. The van der Waals surface area contributed by atoms with Gasteiger partial charge in [0.15, 0.2) is 0 Å². The van der Waals surface area contributed by atoms with Crippen LogP contribution in [0.4, 0.5) is 0 Å². The molecule has 0 radical (unpaired) electrons. The van der Waals surface area contributed by atoms with E-state index in [2.05, 4.69) is 43.0 Å². The summed E-state index contributed by atoms with van der Waals surface area (Å²) in [6, 6.07) is 3.85. The van der Waals surface area contributed by atoms with E-state index in [1.165, 1.54) is 0 Å². The average Bonchev–Trinajstić information content (AvgIpc) is 3.00. The Morgan fingerprint density at radius 1 is 1.20 bits per heavy atom. The number of hydrogen-bond donors (Lipinski definition) is 1. The Bertz CT molecular complexity index is 692. The third-order valence-corrected chi connectivity index (χ3v) is 4.49. The van der Waals surface area contributed by atoms with Crippen molar-refractivity contribution in [3.05, 3.63) is 30.7 Å². The van der Waals surface area contributed by atoms with E-state index < -0.39 is 5.97 Å². The summed E-state index contributed by atoms with van der Waals surface area (Å²) in [5.41, 5.74) is 1.89. The predicted molar refractivity (Wildman–Crippen MR) is 96.9 cm³/mol. The van der Waals surface area contributed by atoms with Gasteiger partial charge in [-0.3, -0.25) is 14.5 Å². The van der Waals surface area contributed by atoms with Crippen LogP contribution in [-0.2, 0) is 11.3 Å². The van der Waals surface area contributed by atoms with E-state index >= 15 is 0 Å². The molecule has 0 amide bonds. The molecule has 6 heteroatoms. The lowest BCUT2D eigenvalue weighted by Gasteiger charge is -2.35. The van der Waals surface area contributed by atoms with E-state index in [-0.39, 0.29) is 17.3 Å². The average molecular weight is 344 g/mol. The lowest BCUT2D eigenvalue weighted by molar-refractivity contribution is -0.137. The molecule has 0 aromatic carbocycles. The SMILES string of the molecule is CC(C)(CCC(=O)O)CC(C)(C)CCn1cc(-c2cccnc2)nn1. The van der Waals surface area contributed by atoms with E-state index in [0.717, 1.165) is 30.6 Å². The summed E-state index contributed by atoms with van der Waals surface area (Å²) in [7, 11) is 0. The van der Waals surface area contributed by atoms with Crippen molar-refractivity contribution in [1.82, 2.24) is 20.0 Å². The number of hydrogen-bond acceptors (Lipinski definition) is 4. The lowest BCUT2D eigenvalue weighted by Crippen LogP contribution is -2.25. The number of rotatable bonds is 9. The largest absolute Gasteiger partial charge is 0.481 e. The third-order valence-electron chi connectivity index (χ3n) is 4.49. The van der Waals surface area contributed by atoms with Gasteiger partial charge in [-0.05, 0) is 42.2 Å². The normalized spacial score (nSPS) is 12.3. The van der Waals surface area contributed by atoms with Crippen molar-refractivity contribution in [2.45, 2.75) is 59.9 Å². The molecule has 0 fully saturated rings. The Balaban J connectivity index is 1.91. The second kappa shape index (κ2) is 7.76. The van der Waals surface area contributed by atoms with Crippen LogP contribution >= 0.6 is 0 Å². The molecule has 136 valence electrons. The zero-order valence-electron chi connectivity index (χ0n) is 15.6. The minimum atomic E-state index is -0.726. The molecule has 0 saturated carbocycles. The van der Waals surface area contributed by atoms with Crippen molar-refractivity contribution in [3.8, 4) is 11.3 Å². The minimum Gasteiger partial charge on any atom is -0.481 e. The van der Waals surface area contributed by atoms with Gasteiger partial charge in [0.2, 0.25) is 0 Å². The van der Waals surface area contributed by atoms with Gasteiger partial charge in [-0.1, -0.05) is 32.9 Å². The Kier molecular flexibility index (Phi) is 5.93. The standard InChI is InChI=1S/C19H28N4O2/c1-18(2,8-7-17(24)25)14-19(3,4)9-11-23-13-16(21-22-23)15-6-5-10-20-12-15/h5-6,10,12-13H,7-9,11,14H2,1-4H3,(H,24,25). The van der Waals surface area contributed by atoms with Crippen molar-refractivity contribution >= 4 is 5.97 Å². The van der Waals surface area contributed by atoms with Gasteiger partial charge in [-0.2, -0.15) is 0 Å². The van der Waals surface area contributed by atoms with Crippen LogP contribution in [0, 0.1) is 10.8 Å². The van der Waals surface area contributed by atoms with Crippen LogP contribution in [0.25, 0.3) is 11.3 Å². The number of pyridine rings is 1. The molecule has 2 rings (SSSR count). The van der Waals surface area contributed by atoms with Crippen molar-refractivity contribution in [2.24, 2.45) is 10.8 Å². The van der Waals surface area contributed by atoms with Gasteiger partial charge < -0.3 is 5.11 Å². The van der Waals surface area contributed by atoms with E-state index in [1.807, 2.05) is 23.0 Å². The fourth-order valence-corrected chi connectivity index (χ4v) is 3.39. The molecule has 0 aliphatic heterocycles. The first-order chi connectivity index (χ1) is 11.7. The number of carbonyl (C=O) groups is 1. The maximum atomic E-state index is 10.8. The van der Waals surface area contributed by atoms with E-state index in [9.17, 15) is 4.79 Å². The molecule has 0 unspecified atom stereocenters. The number of carboxylic acid groups (broad SMARTS) is 1. The first-order valence-corrected chi connectivity index (χ1v) is 8.69. The van der Waals surface area contributed by atoms with Crippen LogP contribution in [0.1, 0.15) is 53.4 Å². The molecule has 2 aromatic rings. The summed E-state index contributed by atoms with van der Waals surface area (Å²) >= 11 is 0. The number of aryl methyl sites for hydroxylation is 1. The minimum absolute atomic E-state index is 0.00508. The highest BCUT2D eigenvalue weighted by molar-refractivity contribution is 5.66. The number of aliphatic carboxylic acids is 1. The van der Waals surface area contributed by atoms with Crippen LogP contribution < -0.4 is 0 Å². The molecule has 2 aromatic heterocycles. The second-order valence-corrected chi connectivity index (χ2v) is 8.26. The maximum absolute atomic E-state index is 10.8. The zero-order chi connectivity index (χ0) is 18.5. The molecule has 6 nitrogen and oxygen atoms in total. The highest BCUT2D eigenvalue weighted by Crippen LogP contribution is 2.39. The summed E-state index contributed by atoms with van der Waals surface area (Å²) < 4.78 is 1.87. The molecule has 0 atom stereocenters. The quantitative estimate of drug-likeness (QED) is 0.742. The van der Waals surface area contributed by atoms with Gasteiger partial charge >= 0.3 is 5.97 Å². The number of aromatic nitrogens is 4. The highest BCUT2D eigenvalue weighted by Gasteiger charge is 2.29. The molecule has 25 heavy (non-hydrogen) atoms. The molecule has 1 N–H and O–H groups in total. The fraction of sp³-hybridized carbons (Fsp3) is 0.579. The summed E-state index contributed by atoms with van der Waals surface area (Å²) in [5, 5.41) is 17.3. The molecule has 0 aliphatic rings. The van der Waals surface area contributed by atoms with Crippen molar-refractivity contribution in [2.75, 3.05) is 0 Å². The van der Waals surface area contributed by atoms with Crippen LogP contribution in [0.15, 0.2) is 30.7 Å². The molecule has 0 spiro atoms. The predicted octanol–water partition coefficient (Wildman–Crippen LogP) is 4.04. The summed E-state index contributed by atoms with van der Waals surface area (Å²) in [5.74, 6) is -0.726. The number of nitrogens with zero attached hydrogens (tertiary/aromatic N) is 4. The third kappa shape index (κ3) is 6.29. The van der Waals surface area contributed by atoms with Crippen LogP contribution in [0.3, 0.4) is 0 Å². The van der Waals surface area contributed by atoms with Crippen LogP contribution in [0.2, 0.25) is 0 Å². The van der Waals surface area contributed by atoms with E-state index in [4.69, 9.17) is 5.11 Å². The van der Waals surface area contributed by atoms with Crippen LogP contribution in [-0.4, -0.2) is 31.1 Å². The monoisotopic (exact) mass is 344 g/mol. The molecule has 2 heterocycles.